The molecular weight excluding hydrogens is 750 g/mol. The number of halogens is 1. The quantitative estimate of drug-likeness (QED) is 0.0544. The molecule has 4 aromatic rings. The van der Waals surface area contributed by atoms with Crippen molar-refractivity contribution >= 4 is 72.1 Å². The minimum absolute atomic E-state index is 0. The van der Waals surface area contributed by atoms with Gasteiger partial charge < -0.3 is 34.9 Å². The topological polar surface area (TPSA) is 256 Å². The molecular formula is C30H27ClN6Na2O10S2. The number of rotatable bonds is 11. The van der Waals surface area contributed by atoms with Crippen LogP contribution in [0.15, 0.2) is 40.1 Å². The van der Waals surface area contributed by atoms with Gasteiger partial charge in [-0.25, -0.2) is 16.8 Å². The third-order valence-electron chi connectivity index (χ3n) is 7.65. The van der Waals surface area contributed by atoms with Crippen molar-refractivity contribution in [3.63, 3.8) is 0 Å². The Bertz CT molecular complexity index is 2290. The Morgan fingerprint density at radius 1 is 0.824 bits per heavy atom. The monoisotopic (exact) mass is 776 g/mol. The Labute approximate surface area is 342 Å². The van der Waals surface area contributed by atoms with Gasteiger partial charge >= 0.3 is 65.1 Å². The SMILES string of the molecule is CCOCCOc1nc(Cl)nc(Nc2c(C)c(Nc3cc(S(=O)(=O)[O-])c(N)c4c3C(=O)c3ccccc3C4=O)c(C)c(S(=O)(=O)[O-])c2C)n1.[Na+].[Na+]. The van der Waals surface area contributed by atoms with E-state index >= 15 is 0 Å². The number of carbonyl (C=O) groups is 2. The van der Waals surface area contributed by atoms with Gasteiger partial charge in [0.05, 0.1) is 44.6 Å². The van der Waals surface area contributed by atoms with Crippen LogP contribution in [0.2, 0.25) is 5.28 Å². The van der Waals surface area contributed by atoms with Crippen LogP contribution < -0.4 is 80.2 Å². The number of benzene rings is 3. The van der Waals surface area contributed by atoms with E-state index in [2.05, 4.69) is 25.6 Å². The number of carbonyl (C=O) groups excluding carboxylic acids is 2. The van der Waals surface area contributed by atoms with Crippen molar-refractivity contribution in [2.24, 2.45) is 0 Å². The number of nitrogens with zero attached hydrogens (tertiary/aromatic N) is 3. The van der Waals surface area contributed by atoms with Gasteiger partial charge in [0.1, 0.15) is 26.8 Å². The minimum Gasteiger partial charge on any atom is -0.744 e. The Morgan fingerprint density at radius 2 is 1.39 bits per heavy atom. The van der Waals surface area contributed by atoms with E-state index in [1.807, 2.05) is 0 Å². The average molecular weight is 777 g/mol. The van der Waals surface area contributed by atoms with Gasteiger partial charge in [-0.1, -0.05) is 24.3 Å². The van der Waals surface area contributed by atoms with Crippen LogP contribution in [0.3, 0.4) is 0 Å². The van der Waals surface area contributed by atoms with Crippen molar-refractivity contribution in [3.05, 3.63) is 74.6 Å². The summed E-state index contributed by atoms with van der Waals surface area (Å²) in [5.74, 6) is -1.75. The largest absolute Gasteiger partial charge is 1.00 e. The fourth-order valence-electron chi connectivity index (χ4n) is 5.58. The number of aromatic nitrogens is 3. The Morgan fingerprint density at radius 3 is 1.94 bits per heavy atom. The van der Waals surface area contributed by atoms with Gasteiger partial charge in [-0.15, -0.1) is 0 Å². The molecule has 0 saturated carbocycles. The van der Waals surface area contributed by atoms with Gasteiger partial charge in [0.2, 0.25) is 11.2 Å². The van der Waals surface area contributed by atoms with Gasteiger partial charge in [0.25, 0.3) is 0 Å². The van der Waals surface area contributed by atoms with Crippen LogP contribution in [0.5, 0.6) is 6.01 Å². The summed E-state index contributed by atoms with van der Waals surface area (Å²) in [6.45, 7) is 6.71. The Balaban J connectivity index is 0.00000351. The van der Waals surface area contributed by atoms with Gasteiger partial charge in [-0.3, -0.25) is 9.59 Å². The molecule has 0 bridgehead atoms. The van der Waals surface area contributed by atoms with Gasteiger partial charge in [-0.2, -0.15) is 15.0 Å². The van der Waals surface area contributed by atoms with E-state index in [4.69, 9.17) is 26.8 Å². The predicted octanol–water partition coefficient (Wildman–Crippen LogP) is -2.47. The fraction of sp³-hybridized carbons (Fsp3) is 0.233. The molecule has 0 fully saturated rings. The van der Waals surface area contributed by atoms with Crippen LogP contribution in [0.1, 0.15) is 55.5 Å². The van der Waals surface area contributed by atoms with E-state index in [0.717, 1.165) is 6.07 Å². The average Bonchev–Trinajstić information content (AvgIpc) is 3.01. The first kappa shape index (κ1) is 42.7. The van der Waals surface area contributed by atoms with Crippen LogP contribution >= 0.6 is 11.6 Å². The second kappa shape index (κ2) is 16.5. The molecule has 0 amide bonds. The molecule has 1 aliphatic rings. The van der Waals surface area contributed by atoms with Crippen LogP contribution in [0, 0.1) is 20.8 Å². The van der Waals surface area contributed by atoms with Crippen molar-refractivity contribution in [2.75, 3.05) is 36.2 Å². The standard InChI is InChI=1S/C30H29ClN6O10S2.2Na/c1-5-46-10-11-47-30-36-28(31)35-29(37-30)34-24-13(2)23(14(3)27(15(24)4)49(43,44)45)33-18-12-19(48(40,41)42)22(32)21-20(18)25(38)16-8-6-7-9-17(16)26(21)39;;/h6-9,12,33H,5,10-11,32H2,1-4H3,(H,40,41,42)(H,43,44,45)(H,34,35,36,37);;/q;2*+1/p-2. The number of ether oxygens (including phenoxy) is 2. The number of nitrogen functional groups attached to an aromatic ring is 1. The van der Waals surface area contributed by atoms with Gasteiger partial charge in [0.15, 0.2) is 11.6 Å². The van der Waals surface area contributed by atoms with Crippen molar-refractivity contribution in [3.8, 4) is 6.01 Å². The first-order valence-electron chi connectivity index (χ1n) is 14.3. The third-order valence-corrected chi connectivity index (χ3v) is 9.81. The summed E-state index contributed by atoms with van der Waals surface area (Å²) >= 11 is 6.08. The van der Waals surface area contributed by atoms with E-state index in [1.54, 1.807) is 6.92 Å². The van der Waals surface area contributed by atoms with E-state index in [0.29, 0.717) is 6.61 Å². The number of nitrogens with one attached hydrogen (secondary N) is 2. The smallest absolute Gasteiger partial charge is 0.744 e. The molecule has 0 spiro atoms. The summed E-state index contributed by atoms with van der Waals surface area (Å²) in [5.41, 5.74) is 3.91. The summed E-state index contributed by atoms with van der Waals surface area (Å²) < 4.78 is 85.5. The first-order valence-corrected chi connectivity index (χ1v) is 17.5. The van der Waals surface area contributed by atoms with Gasteiger partial charge in [-0.05, 0) is 62.1 Å². The summed E-state index contributed by atoms with van der Waals surface area (Å²) in [6.07, 6.45) is 0. The van der Waals surface area contributed by atoms with Crippen molar-refractivity contribution < 1.29 is 104 Å². The van der Waals surface area contributed by atoms with Crippen LogP contribution in [0.4, 0.5) is 28.7 Å². The van der Waals surface area contributed by atoms with Crippen LogP contribution in [0.25, 0.3) is 0 Å². The molecule has 1 aliphatic carbocycles. The zero-order valence-electron chi connectivity index (χ0n) is 28.2. The molecule has 1 aromatic heterocycles. The van der Waals surface area contributed by atoms with Gasteiger partial charge in [0, 0.05) is 23.4 Å². The number of ketones is 2. The maximum Gasteiger partial charge on any atom is 1.00 e. The zero-order chi connectivity index (χ0) is 36.0. The molecule has 1 heterocycles. The summed E-state index contributed by atoms with van der Waals surface area (Å²) in [7, 11) is -10.5. The maximum atomic E-state index is 13.8. The molecule has 0 unspecified atom stereocenters. The Hall–Kier alpha value is -2.72. The molecule has 0 aliphatic heterocycles. The molecule has 0 radical (unpaired) electrons. The van der Waals surface area contributed by atoms with E-state index in [1.165, 1.54) is 45.0 Å². The van der Waals surface area contributed by atoms with E-state index in [9.17, 15) is 35.5 Å². The molecule has 21 heteroatoms. The fourth-order valence-corrected chi connectivity index (χ4v) is 7.32. The maximum absolute atomic E-state index is 13.8. The zero-order valence-corrected chi connectivity index (χ0v) is 34.6. The van der Waals surface area contributed by atoms with Crippen LogP contribution in [-0.2, 0) is 25.0 Å². The van der Waals surface area contributed by atoms with E-state index in [-0.39, 0.29) is 140 Å². The summed E-state index contributed by atoms with van der Waals surface area (Å²) in [6, 6.07) is 6.34. The number of hydrogen-bond acceptors (Lipinski definition) is 16. The number of fused-ring (bicyclic) bond motifs is 2. The van der Waals surface area contributed by atoms with E-state index < -0.39 is 52.8 Å². The number of anilines is 5. The molecule has 51 heavy (non-hydrogen) atoms. The second-order valence-electron chi connectivity index (χ2n) is 10.7. The molecule has 0 atom stereocenters. The van der Waals surface area contributed by atoms with Crippen LogP contribution in [-0.4, -0.2) is 72.3 Å². The molecule has 5 rings (SSSR count). The molecule has 16 nitrogen and oxygen atoms in total. The van der Waals surface area contributed by atoms with Crippen molar-refractivity contribution in [1.29, 1.82) is 0 Å². The number of hydrogen-bond donors (Lipinski definition) is 3. The summed E-state index contributed by atoms with van der Waals surface area (Å²) in [4.78, 5) is 37.8. The Kier molecular flexibility index (Phi) is 13.8. The first-order chi connectivity index (χ1) is 22.9. The molecule has 258 valence electrons. The number of nitrogens with two attached hydrogens (primary N) is 1. The third kappa shape index (κ3) is 8.58. The molecule has 0 saturated heterocycles. The minimum atomic E-state index is -5.32. The molecule has 3 aromatic carbocycles. The second-order valence-corrected chi connectivity index (χ2v) is 13.7. The predicted molar refractivity (Wildman–Crippen MR) is 174 cm³/mol. The molecule has 4 N–H and O–H groups in total. The summed E-state index contributed by atoms with van der Waals surface area (Å²) in [5, 5.41) is 5.38. The van der Waals surface area contributed by atoms with Crippen molar-refractivity contribution in [1.82, 2.24) is 15.0 Å². The normalized spacial score (nSPS) is 12.3. The van der Waals surface area contributed by atoms with Crippen molar-refractivity contribution in [2.45, 2.75) is 37.5 Å².